The van der Waals surface area contributed by atoms with Gasteiger partial charge in [-0.25, -0.2) is 4.99 Å². The Morgan fingerprint density at radius 1 is 1.50 bits per heavy atom. The minimum Gasteiger partial charge on any atom is -0.329 e. The van der Waals surface area contributed by atoms with Crippen LogP contribution in [0.25, 0.3) is 10.8 Å². The average Bonchev–Trinajstić information content (AvgIpc) is 2.39. The maximum absolute atomic E-state index is 11.6. The number of nitrogens with one attached hydrogen (secondary N) is 2. The first kappa shape index (κ1) is 12.2. The predicted octanol–water partition coefficient (Wildman–Crippen LogP) is 1.95. The van der Waals surface area contributed by atoms with Gasteiger partial charge in [0.05, 0.1) is 5.69 Å². The van der Waals surface area contributed by atoms with E-state index in [1.54, 1.807) is 18.3 Å². The van der Waals surface area contributed by atoms with Crippen LogP contribution >= 0.6 is 11.8 Å². The summed E-state index contributed by atoms with van der Waals surface area (Å²) in [5.41, 5.74) is 0.481. The number of pyridine rings is 1. The number of hydrogen-bond donors (Lipinski definition) is 2. The summed E-state index contributed by atoms with van der Waals surface area (Å²) >= 11 is 1.33. The molecule has 6 heteroatoms. The number of nitrogens with zero attached hydrogens (tertiary/aromatic N) is 2. The molecule has 0 amide bonds. The van der Waals surface area contributed by atoms with Crippen LogP contribution < -0.4 is 10.9 Å². The molecule has 0 saturated heterocycles. The van der Waals surface area contributed by atoms with Crippen LogP contribution in [0, 0.1) is 11.5 Å². The van der Waals surface area contributed by atoms with Crippen molar-refractivity contribution in [2.24, 2.45) is 4.99 Å². The third kappa shape index (κ3) is 2.52. The second kappa shape index (κ2) is 5.38. The number of H-pyrrole nitrogens is 1. The van der Waals surface area contributed by atoms with Crippen LogP contribution in [0.15, 0.2) is 40.2 Å². The molecule has 5 nitrogen and oxygen atoms in total. The fourth-order valence-electron chi connectivity index (χ4n) is 1.53. The van der Waals surface area contributed by atoms with E-state index in [1.165, 1.54) is 11.8 Å². The summed E-state index contributed by atoms with van der Waals surface area (Å²) in [6.45, 7) is 0. The van der Waals surface area contributed by atoms with Crippen LogP contribution in [-0.2, 0) is 0 Å². The van der Waals surface area contributed by atoms with E-state index in [2.05, 4.69) is 15.3 Å². The monoisotopic (exact) mass is 258 g/mol. The third-order valence-corrected chi connectivity index (χ3v) is 2.93. The van der Waals surface area contributed by atoms with Crippen LogP contribution in [0.5, 0.6) is 0 Å². The van der Waals surface area contributed by atoms with E-state index in [0.29, 0.717) is 16.2 Å². The molecule has 2 rings (SSSR count). The van der Waals surface area contributed by atoms with Crippen LogP contribution in [0.1, 0.15) is 0 Å². The van der Waals surface area contributed by atoms with Gasteiger partial charge in [-0.15, -0.1) is 0 Å². The van der Waals surface area contributed by atoms with Crippen molar-refractivity contribution in [3.8, 4) is 6.19 Å². The van der Waals surface area contributed by atoms with Crippen molar-refractivity contribution in [1.82, 2.24) is 10.3 Å². The van der Waals surface area contributed by atoms with Crippen LogP contribution in [0.4, 0.5) is 5.69 Å². The Hall–Kier alpha value is -2.26. The highest BCUT2D eigenvalue weighted by Crippen LogP contribution is 2.19. The van der Waals surface area contributed by atoms with Gasteiger partial charge in [0.1, 0.15) is 0 Å². The molecule has 0 spiro atoms. The molecule has 1 heterocycles. The van der Waals surface area contributed by atoms with Crippen LogP contribution in [0.3, 0.4) is 0 Å². The third-order valence-electron chi connectivity index (χ3n) is 2.35. The highest BCUT2D eigenvalue weighted by molar-refractivity contribution is 8.13. The predicted molar refractivity (Wildman–Crippen MR) is 73.9 cm³/mol. The van der Waals surface area contributed by atoms with E-state index in [4.69, 9.17) is 5.26 Å². The van der Waals surface area contributed by atoms with Crippen molar-refractivity contribution in [3.05, 3.63) is 40.8 Å². The average molecular weight is 258 g/mol. The minimum absolute atomic E-state index is 0.150. The van der Waals surface area contributed by atoms with Crippen molar-refractivity contribution in [1.29, 1.82) is 5.26 Å². The van der Waals surface area contributed by atoms with Gasteiger partial charge >= 0.3 is 0 Å². The largest absolute Gasteiger partial charge is 0.329 e. The molecule has 1 aromatic carbocycles. The highest BCUT2D eigenvalue weighted by atomic mass is 32.2. The first-order valence-electron chi connectivity index (χ1n) is 5.14. The standard InChI is InChI=1S/C12H10N4OS/c1-18-12(15-7-13)16-9-3-2-8-4-5-14-11(17)10(8)6-9/h2-6H,1H3,(H,14,17)(H,15,16). The first-order valence-corrected chi connectivity index (χ1v) is 6.36. The van der Waals surface area contributed by atoms with E-state index < -0.39 is 0 Å². The molecule has 18 heavy (non-hydrogen) atoms. The number of benzene rings is 1. The first-order chi connectivity index (χ1) is 8.74. The lowest BCUT2D eigenvalue weighted by Crippen LogP contribution is -2.12. The van der Waals surface area contributed by atoms with Gasteiger partial charge in [-0.3, -0.25) is 10.1 Å². The van der Waals surface area contributed by atoms with Gasteiger partial charge in [0.2, 0.25) is 0 Å². The number of fused-ring (bicyclic) bond motifs is 1. The van der Waals surface area contributed by atoms with Crippen molar-refractivity contribution >= 4 is 33.4 Å². The Morgan fingerprint density at radius 2 is 2.33 bits per heavy atom. The number of aromatic amines is 1. The summed E-state index contributed by atoms with van der Waals surface area (Å²) in [5.74, 6) is 0. The van der Waals surface area contributed by atoms with Gasteiger partial charge in [0, 0.05) is 11.6 Å². The molecule has 1 aromatic heterocycles. The SMILES string of the molecule is CSC(=Nc1ccc2cc[nH]c(=O)c2c1)NC#N. The summed E-state index contributed by atoms with van der Waals surface area (Å²) in [5, 5.41) is 13.0. The molecule has 0 saturated carbocycles. The molecule has 0 aliphatic carbocycles. The van der Waals surface area contributed by atoms with Crippen molar-refractivity contribution in [3.63, 3.8) is 0 Å². The molecular weight excluding hydrogens is 248 g/mol. The zero-order valence-electron chi connectivity index (χ0n) is 9.60. The van der Waals surface area contributed by atoms with Crippen LogP contribution in [-0.4, -0.2) is 16.4 Å². The molecule has 0 unspecified atom stereocenters. The number of rotatable bonds is 1. The smallest absolute Gasteiger partial charge is 0.255 e. The van der Waals surface area contributed by atoms with Crippen molar-refractivity contribution < 1.29 is 0 Å². The molecule has 0 radical (unpaired) electrons. The van der Waals surface area contributed by atoms with Gasteiger partial charge in [0.25, 0.3) is 5.56 Å². The van der Waals surface area contributed by atoms with Crippen LogP contribution in [0.2, 0.25) is 0 Å². The van der Waals surface area contributed by atoms with Gasteiger partial charge in [0.15, 0.2) is 11.4 Å². The van der Waals surface area contributed by atoms with E-state index in [0.717, 1.165) is 5.39 Å². The highest BCUT2D eigenvalue weighted by Gasteiger charge is 2.01. The number of thioether (sulfide) groups is 1. The Morgan fingerprint density at radius 3 is 3.06 bits per heavy atom. The summed E-state index contributed by atoms with van der Waals surface area (Å²) in [6, 6.07) is 7.15. The van der Waals surface area contributed by atoms with E-state index in [-0.39, 0.29) is 5.56 Å². The summed E-state index contributed by atoms with van der Waals surface area (Å²) < 4.78 is 0. The summed E-state index contributed by atoms with van der Waals surface area (Å²) in [6.07, 6.45) is 5.24. The molecule has 90 valence electrons. The summed E-state index contributed by atoms with van der Waals surface area (Å²) in [7, 11) is 0. The van der Waals surface area contributed by atoms with Gasteiger partial charge in [-0.2, -0.15) is 5.26 Å². The molecular formula is C12H10N4OS. The number of nitriles is 1. The molecule has 0 fully saturated rings. The van der Waals surface area contributed by atoms with Crippen molar-refractivity contribution in [2.45, 2.75) is 0 Å². The lowest BCUT2D eigenvalue weighted by atomic mass is 10.1. The fourth-order valence-corrected chi connectivity index (χ4v) is 1.87. The van der Waals surface area contributed by atoms with E-state index >= 15 is 0 Å². The lowest BCUT2D eigenvalue weighted by Gasteiger charge is -2.01. The molecule has 2 aromatic rings. The van der Waals surface area contributed by atoms with Gasteiger partial charge < -0.3 is 4.98 Å². The van der Waals surface area contributed by atoms with Gasteiger partial charge in [-0.1, -0.05) is 17.8 Å². The quantitative estimate of drug-likeness (QED) is 0.354. The van der Waals surface area contributed by atoms with Gasteiger partial charge in [-0.05, 0) is 29.8 Å². The molecule has 0 aliphatic heterocycles. The Labute approximate surface area is 108 Å². The Bertz CT molecular complexity index is 699. The molecule has 0 atom stereocenters. The fraction of sp³-hybridized carbons (Fsp3) is 0.0833. The normalized spacial score (nSPS) is 11.2. The zero-order valence-corrected chi connectivity index (χ0v) is 10.4. The minimum atomic E-state index is -0.150. The maximum atomic E-state index is 11.6. The second-order valence-electron chi connectivity index (χ2n) is 3.44. The van der Waals surface area contributed by atoms with E-state index in [1.807, 2.05) is 24.6 Å². The number of hydrogen-bond acceptors (Lipinski definition) is 4. The molecule has 0 aliphatic rings. The number of amidine groups is 1. The Balaban J connectivity index is 2.51. The lowest BCUT2D eigenvalue weighted by molar-refractivity contribution is 1.27. The maximum Gasteiger partial charge on any atom is 0.255 e. The molecule has 0 bridgehead atoms. The molecule has 2 N–H and O–H groups in total. The number of aromatic nitrogens is 1. The Kier molecular flexibility index (Phi) is 3.65. The van der Waals surface area contributed by atoms with E-state index in [9.17, 15) is 4.79 Å². The van der Waals surface area contributed by atoms with Crippen molar-refractivity contribution in [2.75, 3.05) is 6.26 Å². The zero-order chi connectivity index (χ0) is 13.0. The topological polar surface area (TPSA) is 81.0 Å². The summed E-state index contributed by atoms with van der Waals surface area (Å²) in [4.78, 5) is 18.5. The number of aliphatic imine (C=N–C) groups is 1. The second-order valence-corrected chi connectivity index (χ2v) is 4.23.